The standard InChI is InChI=1S/C21H27N5O3S.C8H10O.C2H6O.C2H6/c1-14(23-11-5-10-22)18-24-19(17(28)20(25-18)29-13-12-27)26-30-16-8-6-15(7-9-16)21(2,3)4;1-7-5-3-4-6-8(7)9-2;1-3-2;1-2/h5-11,27-28H,1,12-13,22H2,2-4H3,(H,24,25,26);3-6H,1-2H3;1-2H3;1-2H3/b10-5-,23-11?;;;. The Balaban J connectivity index is 0.00000109. The number of aromatic hydroxyl groups is 1. The summed E-state index contributed by atoms with van der Waals surface area (Å²) in [5.41, 5.74) is 8.00. The average Bonchev–Trinajstić information content (AvgIpc) is 3.01. The third-order valence-corrected chi connectivity index (χ3v) is 5.97. The van der Waals surface area contributed by atoms with E-state index in [0.29, 0.717) is 0 Å². The van der Waals surface area contributed by atoms with Crippen molar-refractivity contribution in [1.82, 2.24) is 9.97 Å². The number of anilines is 1. The van der Waals surface area contributed by atoms with Crippen LogP contribution in [0.3, 0.4) is 0 Å². The number of allylic oxidation sites excluding steroid dienone is 1. The van der Waals surface area contributed by atoms with Crippen LogP contribution in [0.4, 0.5) is 5.82 Å². The van der Waals surface area contributed by atoms with Crippen molar-refractivity contribution in [3.05, 3.63) is 84.3 Å². The maximum Gasteiger partial charge on any atom is 0.263 e. The van der Waals surface area contributed by atoms with Crippen LogP contribution >= 0.6 is 11.9 Å². The van der Waals surface area contributed by atoms with Gasteiger partial charge in [0.05, 0.1) is 13.7 Å². The molecule has 0 saturated carbocycles. The third kappa shape index (κ3) is 14.9. The largest absolute Gasteiger partial charge is 0.501 e. The van der Waals surface area contributed by atoms with Crippen molar-refractivity contribution in [3.63, 3.8) is 0 Å². The zero-order valence-corrected chi connectivity index (χ0v) is 28.2. The molecule has 0 bridgehead atoms. The van der Waals surface area contributed by atoms with Gasteiger partial charge in [-0.2, -0.15) is 4.98 Å². The van der Waals surface area contributed by atoms with Gasteiger partial charge in [-0.1, -0.05) is 71.5 Å². The number of nitrogens with two attached hydrogens (primary N) is 1. The van der Waals surface area contributed by atoms with Crippen molar-refractivity contribution in [2.75, 3.05) is 39.3 Å². The van der Waals surface area contributed by atoms with Gasteiger partial charge in [-0.05, 0) is 65.9 Å². The van der Waals surface area contributed by atoms with Gasteiger partial charge in [0.15, 0.2) is 11.6 Å². The average molecular weight is 628 g/mol. The van der Waals surface area contributed by atoms with Crippen molar-refractivity contribution in [2.45, 2.75) is 51.9 Å². The topological polar surface area (TPSA) is 144 Å². The van der Waals surface area contributed by atoms with Crippen LogP contribution in [0.25, 0.3) is 5.70 Å². The van der Waals surface area contributed by atoms with Crippen LogP contribution in [-0.4, -0.2) is 60.9 Å². The van der Waals surface area contributed by atoms with Gasteiger partial charge in [-0.25, -0.2) is 4.98 Å². The molecule has 0 aliphatic rings. The Hall–Kier alpha value is -4.06. The number of nitrogens with one attached hydrogen (secondary N) is 1. The van der Waals surface area contributed by atoms with E-state index >= 15 is 0 Å². The Morgan fingerprint density at radius 3 is 2.18 bits per heavy atom. The molecule has 0 aliphatic heterocycles. The number of nitrogens with zero attached hydrogens (tertiary/aromatic N) is 3. The van der Waals surface area contributed by atoms with E-state index in [-0.39, 0.29) is 47.6 Å². The molecular formula is C33H49N5O5S. The zero-order valence-electron chi connectivity index (χ0n) is 27.4. The molecule has 3 rings (SSSR count). The summed E-state index contributed by atoms with van der Waals surface area (Å²) in [4.78, 5) is 13.4. The van der Waals surface area contributed by atoms with Crippen LogP contribution in [-0.2, 0) is 10.2 Å². The molecule has 0 amide bonds. The van der Waals surface area contributed by atoms with Gasteiger partial charge in [0.1, 0.15) is 18.1 Å². The van der Waals surface area contributed by atoms with E-state index in [4.69, 9.17) is 20.3 Å². The second-order valence-electron chi connectivity index (χ2n) is 9.59. The van der Waals surface area contributed by atoms with E-state index < -0.39 is 0 Å². The van der Waals surface area contributed by atoms with Crippen molar-refractivity contribution in [2.24, 2.45) is 10.7 Å². The molecule has 0 saturated heterocycles. The number of aliphatic imine (C=N–C) groups is 1. The number of aliphatic hydroxyl groups is 1. The molecule has 0 radical (unpaired) electrons. The van der Waals surface area contributed by atoms with Gasteiger partial charge >= 0.3 is 0 Å². The minimum atomic E-state index is -0.273. The first-order chi connectivity index (χ1) is 21.0. The first-order valence-electron chi connectivity index (χ1n) is 14.0. The third-order valence-electron chi connectivity index (χ3n) is 5.17. The number of aryl methyl sites for hydroxylation is 1. The number of aromatic nitrogens is 2. The lowest BCUT2D eigenvalue weighted by atomic mass is 9.87. The minimum absolute atomic E-state index is 0.0312. The predicted molar refractivity (Wildman–Crippen MR) is 184 cm³/mol. The molecule has 5 N–H and O–H groups in total. The fourth-order valence-corrected chi connectivity index (χ4v) is 3.66. The van der Waals surface area contributed by atoms with Crippen molar-refractivity contribution < 1.29 is 24.4 Å². The molecule has 44 heavy (non-hydrogen) atoms. The zero-order chi connectivity index (χ0) is 33.5. The van der Waals surface area contributed by atoms with E-state index in [9.17, 15) is 5.11 Å². The number of rotatable bonds is 10. The Kier molecular flexibility index (Phi) is 20.4. The van der Waals surface area contributed by atoms with E-state index in [0.717, 1.165) is 10.6 Å². The van der Waals surface area contributed by atoms with Crippen LogP contribution in [0.1, 0.15) is 51.6 Å². The number of ether oxygens (including phenoxy) is 3. The van der Waals surface area contributed by atoms with Crippen molar-refractivity contribution >= 4 is 29.7 Å². The normalized spacial score (nSPS) is 10.5. The molecule has 0 atom stereocenters. The van der Waals surface area contributed by atoms with Crippen molar-refractivity contribution in [1.29, 1.82) is 0 Å². The predicted octanol–water partition coefficient (Wildman–Crippen LogP) is 6.78. The molecule has 0 unspecified atom stereocenters. The van der Waals surface area contributed by atoms with Gasteiger partial charge in [-0.3, -0.25) is 4.99 Å². The van der Waals surface area contributed by atoms with Gasteiger partial charge in [0.2, 0.25) is 5.75 Å². The van der Waals surface area contributed by atoms with Crippen LogP contribution in [0.2, 0.25) is 0 Å². The molecule has 10 nitrogen and oxygen atoms in total. The van der Waals surface area contributed by atoms with Crippen LogP contribution < -0.4 is 19.9 Å². The summed E-state index contributed by atoms with van der Waals surface area (Å²) in [5, 5.41) is 19.5. The highest BCUT2D eigenvalue weighted by Gasteiger charge is 2.17. The Morgan fingerprint density at radius 2 is 1.68 bits per heavy atom. The van der Waals surface area contributed by atoms with E-state index in [2.05, 4.69) is 63.9 Å². The van der Waals surface area contributed by atoms with Gasteiger partial charge < -0.3 is 34.9 Å². The summed E-state index contributed by atoms with van der Waals surface area (Å²) >= 11 is 1.28. The summed E-state index contributed by atoms with van der Waals surface area (Å²) in [6, 6.07) is 16.0. The van der Waals surface area contributed by atoms with Crippen LogP contribution in [0.5, 0.6) is 17.4 Å². The molecular weight excluding hydrogens is 578 g/mol. The van der Waals surface area contributed by atoms with Crippen LogP contribution in [0.15, 0.2) is 77.3 Å². The molecule has 242 valence electrons. The second kappa shape index (κ2) is 22.5. The quantitative estimate of drug-likeness (QED) is 0.140. The molecule has 0 spiro atoms. The molecule has 2 aromatic carbocycles. The van der Waals surface area contributed by atoms with Gasteiger partial charge in [0.25, 0.3) is 5.88 Å². The minimum Gasteiger partial charge on any atom is -0.501 e. The first-order valence-corrected chi connectivity index (χ1v) is 14.8. The Bertz CT molecular complexity index is 1290. The second-order valence-corrected chi connectivity index (χ2v) is 10.5. The highest BCUT2D eigenvalue weighted by Crippen LogP contribution is 2.35. The molecule has 1 heterocycles. The number of benzene rings is 2. The highest BCUT2D eigenvalue weighted by atomic mass is 32.2. The number of para-hydroxylation sites is 1. The number of methoxy groups -OCH3 is 2. The SMILES string of the molecule is C=C(N=C/C=C\N)c1nc(NSc2ccc(C(C)(C)C)cc2)c(O)c(OCCO)n1.CC.COC.COc1ccccc1C. The lowest BCUT2D eigenvalue weighted by molar-refractivity contribution is 0.192. The number of aliphatic hydroxyl groups excluding tert-OH is 1. The first kappa shape index (κ1) is 39.9. The van der Waals surface area contributed by atoms with E-state index in [1.165, 1.54) is 41.6 Å². The summed E-state index contributed by atoms with van der Waals surface area (Å²) in [7, 11) is 4.93. The molecule has 3 aromatic rings. The van der Waals surface area contributed by atoms with E-state index in [1.54, 1.807) is 21.3 Å². The van der Waals surface area contributed by atoms with Crippen LogP contribution in [0, 0.1) is 6.92 Å². The molecule has 1 aromatic heterocycles. The molecule has 11 heteroatoms. The summed E-state index contributed by atoms with van der Waals surface area (Å²) in [6.07, 6.45) is 4.31. The monoisotopic (exact) mass is 627 g/mol. The maximum absolute atomic E-state index is 10.5. The Morgan fingerprint density at radius 1 is 1.07 bits per heavy atom. The fraction of sp³-hybridized carbons (Fsp3) is 0.364. The smallest absolute Gasteiger partial charge is 0.263 e. The fourth-order valence-electron chi connectivity index (χ4n) is 3.03. The van der Waals surface area contributed by atoms with E-state index in [1.807, 2.05) is 57.2 Å². The summed E-state index contributed by atoms with van der Waals surface area (Å²) in [5.74, 6) is 0.908. The molecule has 0 aliphatic carbocycles. The number of hydrogen-bond donors (Lipinski definition) is 4. The lowest BCUT2D eigenvalue weighted by Crippen LogP contribution is -2.10. The van der Waals surface area contributed by atoms with Gasteiger partial charge in [-0.15, -0.1) is 0 Å². The Labute approximate surface area is 267 Å². The van der Waals surface area contributed by atoms with Crippen molar-refractivity contribution in [3.8, 4) is 17.4 Å². The van der Waals surface area contributed by atoms with Gasteiger partial charge in [0, 0.05) is 25.3 Å². The summed E-state index contributed by atoms with van der Waals surface area (Å²) in [6.45, 7) is 16.1. The highest BCUT2D eigenvalue weighted by molar-refractivity contribution is 8.00. The summed E-state index contributed by atoms with van der Waals surface area (Å²) < 4.78 is 17.6. The molecule has 0 fully saturated rings. The number of hydrogen-bond acceptors (Lipinski definition) is 11. The maximum atomic E-state index is 10.5. The lowest BCUT2D eigenvalue weighted by Gasteiger charge is -2.19.